The summed E-state index contributed by atoms with van der Waals surface area (Å²) in [6, 6.07) is 2.83. The summed E-state index contributed by atoms with van der Waals surface area (Å²) in [6.07, 6.45) is 1.70. The molecule has 0 aromatic carbocycles. The second kappa shape index (κ2) is 5.93. The molecule has 0 saturated heterocycles. The first-order valence-electron chi connectivity index (χ1n) is 5.37. The summed E-state index contributed by atoms with van der Waals surface area (Å²) in [5.41, 5.74) is 0.406. The fourth-order valence-electron chi connectivity index (χ4n) is 1.45. The van der Waals surface area contributed by atoms with Gasteiger partial charge in [-0.05, 0) is 19.4 Å². The normalized spacial score (nSPS) is 11.9. The molecule has 0 amide bonds. The van der Waals surface area contributed by atoms with E-state index < -0.39 is 10.8 Å². The van der Waals surface area contributed by atoms with Crippen LogP contribution in [0.3, 0.4) is 0 Å². The molecule has 0 fully saturated rings. The van der Waals surface area contributed by atoms with Gasteiger partial charge in [0.05, 0.1) is 23.1 Å². The predicted octanol–water partition coefficient (Wildman–Crippen LogP) is 2.05. The first-order chi connectivity index (χ1) is 8.10. The number of aromatic nitrogens is 1. The van der Waals surface area contributed by atoms with Crippen molar-refractivity contribution in [3.05, 3.63) is 34.1 Å². The standard InChI is InChI=1S/C11H14N2O4/c1-3-9(11(14)17-4-2)10-6-5-8(7-12-10)13(15)16/h5-7,9H,3-4H2,1-2H3. The number of carbonyl (C=O) groups is 1. The summed E-state index contributed by atoms with van der Waals surface area (Å²) in [6.45, 7) is 3.88. The molecule has 1 aromatic heterocycles. The highest BCUT2D eigenvalue weighted by Gasteiger charge is 2.21. The quantitative estimate of drug-likeness (QED) is 0.445. The molecule has 0 spiro atoms. The van der Waals surface area contributed by atoms with Gasteiger partial charge in [-0.25, -0.2) is 0 Å². The maximum absolute atomic E-state index is 11.6. The van der Waals surface area contributed by atoms with Gasteiger partial charge in [-0.1, -0.05) is 6.92 Å². The van der Waals surface area contributed by atoms with Gasteiger partial charge in [-0.15, -0.1) is 0 Å². The Labute approximate surface area is 98.8 Å². The molecule has 0 radical (unpaired) electrons. The van der Waals surface area contributed by atoms with Gasteiger partial charge in [-0.2, -0.15) is 0 Å². The topological polar surface area (TPSA) is 82.3 Å². The number of hydrogen-bond acceptors (Lipinski definition) is 5. The molecule has 0 aliphatic carbocycles. The average molecular weight is 238 g/mol. The number of nitrogens with zero attached hydrogens (tertiary/aromatic N) is 2. The van der Waals surface area contributed by atoms with Crippen LogP contribution in [0.2, 0.25) is 0 Å². The third kappa shape index (κ3) is 3.24. The van der Waals surface area contributed by atoms with E-state index in [9.17, 15) is 14.9 Å². The monoisotopic (exact) mass is 238 g/mol. The van der Waals surface area contributed by atoms with Gasteiger partial charge in [0, 0.05) is 6.07 Å². The fourth-order valence-corrected chi connectivity index (χ4v) is 1.45. The van der Waals surface area contributed by atoms with Crippen molar-refractivity contribution in [1.29, 1.82) is 0 Å². The van der Waals surface area contributed by atoms with Gasteiger partial charge in [0.2, 0.25) is 0 Å². The third-order valence-corrected chi connectivity index (χ3v) is 2.32. The Balaban J connectivity index is 2.89. The molecule has 0 aliphatic rings. The lowest BCUT2D eigenvalue weighted by Gasteiger charge is -2.12. The van der Waals surface area contributed by atoms with Gasteiger partial charge in [0.1, 0.15) is 6.20 Å². The first kappa shape index (κ1) is 13.1. The molecule has 1 heterocycles. The predicted molar refractivity (Wildman–Crippen MR) is 60.6 cm³/mol. The molecule has 0 bridgehead atoms. The second-order valence-corrected chi connectivity index (χ2v) is 3.41. The van der Waals surface area contributed by atoms with Crippen LogP contribution in [-0.2, 0) is 9.53 Å². The average Bonchev–Trinajstić information content (AvgIpc) is 2.31. The van der Waals surface area contributed by atoms with Crippen LogP contribution in [0.5, 0.6) is 0 Å². The van der Waals surface area contributed by atoms with Crippen LogP contribution in [-0.4, -0.2) is 22.5 Å². The van der Waals surface area contributed by atoms with Crippen molar-refractivity contribution in [2.24, 2.45) is 0 Å². The Morgan fingerprint density at radius 2 is 2.24 bits per heavy atom. The maximum atomic E-state index is 11.6. The van der Waals surface area contributed by atoms with Crippen molar-refractivity contribution in [1.82, 2.24) is 4.98 Å². The molecule has 0 N–H and O–H groups in total. The minimum atomic E-state index is -0.526. The molecule has 17 heavy (non-hydrogen) atoms. The van der Waals surface area contributed by atoms with Crippen molar-refractivity contribution in [2.75, 3.05) is 6.61 Å². The molecule has 1 rings (SSSR count). The highest BCUT2D eigenvalue weighted by atomic mass is 16.6. The highest BCUT2D eigenvalue weighted by Crippen LogP contribution is 2.20. The fraction of sp³-hybridized carbons (Fsp3) is 0.455. The molecule has 1 aromatic rings. The SMILES string of the molecule is CCOC(=O)C(CC)c1ccc([N+](=O)[O-])cn1. The number of rotatable bonds is 5. The largest absolute Gasteiger partial charge is 0.465 e. The van der Waals surface area contributed by atoms with Crippen molar-refractivity contribution < 1.29 is 14.5 Å². The number of carbonyl (C=O) groups excluding carboxylic acids is 1. The van der Waals surface area contributed by atoms with Crippen LogP contribution in [0.25, 0.3) is 0 Å². The number of pyridine rings is 1. The van der Waals surface area contributed by atoms with E-state index in [0.717, 1.165) is 6.20 Å². The molecule has 1 atom stereocenters. The van der Waals surface area contributed by atoms with Gasteiger partial charge in [0.15, 0.2) is 0 Å². The molecular weight excluding hydrogens is 224 g/mol. The minimum absolute atomic E-state index is 0.0903. The molecule has 6 heteroatoms. The lowest BCUT2D eigenvalue weighted by molar-refractivity contribution is -0.385. The van der Waals surface area contributed by atoms with Crippen LogP contribution in [0.1, 0.15) is 31.9 Å². The number of ether oxygens (including phenoxy) is 1. The van der Waals surface area contributed by atoms with Crippen LogP contribution in [0.15, 0.2) is 18.3 Å². The lowest BCUT2D eigenvalue weighted by atomic mass is 10.0. The van der Waals surface area contributed by atoms with E-state index >= 15 is 0 Å². The Morgan fingerprint density at radius 1 is 1.53 bits per heavy atom. The summed E-state index contributed by atoms with van der Waals surface area (Å²) in [7, 11) is 0. The maximum Gasteiger partial charge on any atom is 0.315 e. The van der Waals surface area contributed by atoms with E-state index in [1.807, 2.05) is 6.92 Å². The zero-order valence-electron chi connectivity index (χ0n) is 9.75. The summed E-state index contributed by atoms with van der Waals surface area (Å²) in [5, 5.41) is 10.5. The number of hydrogen-bond donors (Lipinski definition) is 0. The van der Waals surface area contributed by atoms with Gasteiger partial charge in [-0.3, -0.25) is 19.9 Å². The smallest absolute Gasteiger partial charge is 0.315 e. The van der Waals surface area contributed by atoms with Crippen LogP contribution in [0, 0.1) is 10.1 Å². The molecule has 92 valence electrons. The Kier molecular flexibility index (Phi) is 4.56. The zero-order valence-corrected chi connectivity index (χ0v) is 9.75. The molecule has 6 nitrogen and oxygen atoms in total. The summed E-state index contributed by atoms with van der Waals surface area (Å²) in [4.78, 5) is 25.5. The van der Waals surface area contributed by atoms with Gasteiger partial charge >= 0.3 is 5.97 Å². The van der Waals surface area contributed by atoms with Crippen LogP contribution >= 0.6 is 0 Å². The Hall–Kier alpha value is -1.98. The van der Waals surface area contributed by atoms with E-state index in [2.05, 4.69) is 4.98 Å². The van der Waals surface area contributed by atoms with Gasteiger partial charge < -0.3 is 4.74 Å². The van der Waals surface area contributed by atoms with Crippen molar-refractivity contribution in [2.45, 2.75) is 26.2 Å². The van der Waals surface area contributed by atoms with Crippen molar-refractivity contribution >= 4 is 11.7 Å². The van der Waals surface area contributed by atoms with E-state index in [0.29, 0.717) is 18.7 Å². The summed E-state index contributed by atoms with van der Waals surface area (Å²) < 4.78 is 4.91. The van der Waals surface area contributed by atoms with Crippen LogP contribution < -0.4 is 0 Å². The van der Waals surface area contributed by atoms with Gasteiger partial charge in [0.25, 0.3) is 5.69 Å². The molecular formula is C11H14N2O4. The number of nitro groups is 1. The lowest BCUT2D eigenvalue weighted by Crippen LogP contribution is -2.16. The molecule has 1 unspecified atom stereocenters. The first-order valence-corrected chi connectivity index (χ1v) is 5.37. The van der Waals surface area contributed by atoms with E-state index in [4.69, 9.17) is 4.74 Å². The third-order valence-electron chi connectivity index (χ3n) is 2.32. The zero-order chi connectivity index (χ0) is 12.8. The highest BCUT2D eigenvalue weighted by molar-refractivity contribution is 5.77. The second-order valence-electron chi connectivity index (χ2n) is 3.41. The van der Waals surface area contributed by atoms with Crippen molar-refractivity contribution in [3.8, 4) is 0 Å². The van der Waals surface area contributed by atoms with E-state index in [1.165, 1.54) is 12.1 Å². The Bertz CT molecular complexity index is 402. The number of esters is 1. The summed E-state index contributed by atoms with van der Waals surface area (Å²) >= 11 is 0. The molecule has 0 saturated carbocycles. The van der Waals surface area contributed by atoms with Crippen LogP contribution in [0.4, 0.5) is 5.69 Å². The summed E-state index contributed by atoms with van der Waals surface area (Å²) in [5.74, 6) is -0.813. The van der Waals surface area contributed by atoms with E-state index in [1.54, 1.807) is 6.92 Å². The minimum Gasteiger partial charge on any atom is -0.465 e. The van der Waals surface area contributed by atoms with Crippen molar-refractivity contribution in [3.63, 3.8) is 0 Å². The van der Waals surface area contributed by atoms with E-state index in [-0.39, 0.29) is 11.7 Å². The Morgan fingerprint density at radius 3 is 2.65 bits per heavy atom. The molecule has 0 aliphatic heterocycles.